The maximum atomic E-state index is 5.62. The number of hydrogen-bond acceptors (Lipinski definition) is 3. The summed E-state index contributed by atoms with van der Waals surface area (Å²) < 4.78 is 5.62. The van der Waals surface area contributed by atoms with E-state index < -0.39 is 0 Å². The molecule has 1 aromatic carbocycles. The Morgan fingerprint density at radius 1 is 1.33 bits per heavy atom. The fourth-order valence-corrected chi connectivity index (χ4v) is 2.57. The highest BCUT2D eigenvalue weighted by Gasteiger charge is 2.14. The van der Waals surface area contributed by atoms with E-state index >= 15 is 0 Å². The zero-order valence-corrected chi connectivity index (χ0v) is 10.4. The second-order valence-electron chi connectivity index (χ2n) is 4.86. The van der Waals surface area contributed by atoms with E-state index in [9.17, 15) is 0 Å². The number of rotatable bonds is 2. The van der Waals surface area contributed by atoms with Crippen LogP contribution in [0.3, 0.4) is 0 Å². The lowest BCUT2D eigenvalue weighted by molar-refractivity contribution is 0.123. The van der Waals surface area contributed by atoms with Crippen LogP contribution in [0.25, 0.3) is 10.8 Å². The van der Waals surface area contributed by atoms with Crippen molar-refractivity contribution in [2.24, 2.45) is 5.92 Å². The van der Waals surface area contributed by atoms with E-state index in [1.165, 1.54) is 16.3 Å². The van der Waals surface area contributed by atoms with Gasteiger partial charge in [-0.2, -0.15) is 0 Å². The highest BCUT2D eigenvalue weighted by atomic mass is 16.5. The Labute approximate surface area is 107 Å². The van der Waals surface area contributed by atoms with Crippen LogP contribution < -0.4 is 5.32 Å². The Morgan fingerprint density at radius 3 is 3.33 bits per heavy atom. The minimum atomic E-state index is 0.561. The van der Waals surface area contributed by atoms with Gasteiger partial charge >= 0.3 is 0 Å². The average Bonchev–Trinajstić information content (AvgIpc) is 2.68. The van der Waals surface area contributed by atoms with Crippen LogP contribution in [0.1, 0.15) is 5.56 Å². The van der Waals surface area contributed by atoms with Crippen LogP contribution in [0.4, 0.5) is 0 Å². The van der Waals surface area contributed by atoms with E-state index in [-0.39, 0.29) is 0 Å². The van der Waals surface area contributed by atoms with E-state index in [2.05, 4.69) is 34.6 Å². The van der Waals surface area contributed by atoms with E-state index in [1.807, 2.05) is 12.4 Å². The fraction of sp³-hybridized carbons (Fsp3) is 0.400. The Balaban J connectivity index is 1.85. The van der Waals surface area contributed by atoms with Gasteiger partial charge in [-0.05, 0) is 29.4 Å². The summed E-state index contributed by atoms with van der Waals surface area (Å²) in [7, 11) is 0. The van der Waals surface area contributed by atoms with Gasteiger partial charge in [-0.25, -0.2) is 0 Å². The molecule has 0 amide bonds. The number of nitrogens with one attached hydrogen (secondary N) is 1. The number of aromatic nitrogens is 1. The third kappa shape index (κ3) is 2.52. The lowest BCUT2D eigenvalue weighted by Gasteiger charge is -2.15. The molecule has 0 spiro atoms. The molecular weight excluding hydrogens is 224 g/mol. The van der Waals surface area contributed by atoms with Crippen LogP contribution in [0.15, 0.2) is 36.7 Å². The maximum absolute atomic E-state index is 5.62. The molecule has 0 radical (unpaired) electrons. The number of benzene rings is 1. The highest BCUT2D eigenvalue weighted by Crippen LogP contribution is 2.20. The molecule has 1 atom stereocenters. The van der Waals surface area contributed by atoms with E-state index in [0.29, 0.717) is 5.92 Å². The number of hydrogen-bond donors (Lipinski definition) is 1. The Bertz CT molecular complexity index is 513. The number of fused-ring (bicyclic) bond motifs is 1. The average molecular weight is 242 g/mol. The van der Waals surface area contributed by atoms with E-state index in [1.54, 1.807) is 0 Å². The van der Waals surface area contributed by atoms with Gasteiger partial charge in [0.15, 0.2) is 0 Å². The summed E-state index contributed by atoms with van der Waals surface area (Å²) in [5, 5.41) is 5.96. The first-order valence-electron chi connectivity index (χ1n) is 6.53. The van der Waals surface area contributed by atoms with Crippen molar-refractivity contribution in [3.8, 4) is 0 Å². The molecule has 1 saturated heterocycles. The van der Waals surface area contributed by atoms with Crippen LogP contribution >= 0.6 is 0 Å². The topological polar surface area (TPSA) is 34.1 Å². The lowest BCUT2D eigenvalue weighted by atomic mass is 9.96. The van der Waals surface area contributed by atoms with Gasteiger partial charge in [-0.1, -0.05) is 18.2 Å². The van der Waals surface area contributed by atoms with Crippen molar-refractivity contribution in [3.63, 3.8) is 0 Å². The molecule has 0 aliphatic carbocycles. The predicted molar refractivity (Wildman–Crippen MR) is 72.6 cm³/mol. The van der Waals surface area contributed by atoms with Gasteiger partial charge in [0, 0.05) is 30.9 Å². The SMILES string of the molecule is c1cc(C[C@@H]2CNCCOC2)c2ccncc2c1. The van der Waals surface area contributed by atoms with Gasteiger partial charge in [0.1, 0.15) is 0 Å². The summed E-state index contributed by atoms with van der Waals surface area (Å²) in [5.41, 5.74) is 1.40. The third-order valence-electron chi connectivity index (χ3n) is 3.49. The van der Waals surface area contributed by atoms with Gasteiger partial charge in [-0.15, -0.1) is 0 Å². The summed E-state index contributed by atoms with van der Waals surface area (Å²) >= 11 is 0. The van der Waals surface area contributed by atoms with Gasteiger partial charge in [0.25, 0.3) is 0 Å². The first kappa shape index (κ1) is 11.6. The van der Waals surface area contributed by atoms with Crippen molar-refractivity contribution in [1.29, 1.82) is 0 Å². The smallest absolute Gasteiger partial charge is 0.0591 e. The summed E-state index contributed by atoms with van der Waals surface area (Å²) in [6.45, 7) is 3.70. The zero-order chi connectivity index (χ0) is 12.2. The second-order valence-corrected chi connectivity index (χ2v) is 4.86. The molecule has 3 rings (SSSR count). The molecule has 0 bridgehead atoms. The molecule has 0 saturated carbocycles. The second kappa shape index (κ2) is 5.46. The van der Waals surface area contributed by atoms with Crippen LogP contribution in [-0.4, -0.2) is 31.3 Å². The predicted octanol–water partition coefficient (Wildman–Crippen LogP) is 2.01. The van der Waals surface area contributed by atoms with Crippen LogP contribution in [0, 0.1) is 5.92 Å². The molecule has 94 valence electrons. The normalized spacial score (nSPS) is 20.8. The Kier molecular flexibility index (Phi) is 3.53. The first-order valence-corrected chi connectivity index (χ1v) is 6.53. The summed E-state index contributed by atoms with van der Waals surface area (Å²) in [6, 6.07) is 8.56. The van der Waals surface area contributed by atoms with Gasteiger partial charge in [0.2, 0.25) is 0 Å². The highest BCUT2D eigenvalue weighted by molar-refractivity contribution is 5.84. The van der Waals surface area contributed by atoms with Gasteiger partial charge in [0.05, 0.1) is 13.2 Å². The van der Waals surface area contributed by atoms with Crippen LogP contribution in [-0.2, 0) is 11.2 Å². The molecule has 1 N–H and O–H groups in total. The molecule has 18 heavy (non-hydrogen) atoms. The summed E-state index contributed by atoms with van der Waals surface area (Å²) in [5.74, 6) is 0.561. The Hall–Kier alpha value is -1.45. The van der Waals surface area contributed by atoms with Crippen LogP contribution in [0.2, 0.25) is 0 Å². The lowest BCUT2D eigenvalue weighted by Crippen LogP contribution is -2.24. The summed E-state index contributed by atoms with van der Waals surface area (Å²) in [6.07, 6.45) is 4.86. The molecule has 0 unspecified atom stereocenters. The zero-order valence-electron chi connectivity index (χ0n) is 10.4. The van der Waals surface area contributed by atoms with Gasteiger partial charge in [-0.3, -0.25) is 4.98 Å². The largest absolute Gasteiger partial charge is 0.380 e. The minimum absolute atomic E-state index is 0.561. The monoisotopic (exact) mass is 242 g/mol. The Morgan fingerprint density at radius 2 is 2.33 bits per heavy atom. The first-order chi connectivity index (χ1) is 8.93. The van der Waals surface area contributed by atoms with E-state index in [0.717, 1.165) is 32.7 Å². The number of pyridine rings is 1. The molecule has 1 aliphatic heterocycles. The molecule has 3 nitrogen and oxygen atoms in total. The van der Waals surface area contributed by atoms with E-state index in [4.69, 9.17) is 4.74 Å². The summed E-state index contributed by atoms with van der Waals surface area (Å²) in [4.78, 5) is 4.18. The van der Waals surface area contributed by atoms with Gasteiger partial charge < -0.3 is 10.1 Å². The number of nitrogens with zero attached hydrogens (tertiary/aromatic N) is 1. The molecule has 1 aromatic heterocycles. The van der Waals surface area contributed by atoms with Crippen molar-refractivity contribution in [2.75, 3.05) is 26.3 Å². The van der Waals surface area contributed by atoms with Crippen molar-refractivity contribution >= 4 is 10.8 Å². The molecular formula is C15H18N2O. The molecule has 3 heteroatoms. The quantitative estimate of drug-likeness (QED) is 0.874. The van der Waals surface area contributed by atoms with Crippen molar-refractivity contribution in [2.45, 2.75) is 6.42 Å². The maximum Gasteiger partial charge on any atom is 0.0591 e. The third-order valence-corrected chi connectivity index (χ3v) is 3.49. The van der Waals surface area contributed by atoms with Crippen molar-refractivity contribution in [1.82, 2.24) is 10.3 Å². The molecule has 1 aliphatic rings. The molecule has 2 aromatic rings. The standard InChI is InChI=1S/C15H18N2O/c1-2-13(8-12-9-17-6-7-18-11-12)15-4-5-16-10-14(15)3-1/h1-5,10,12,17H,6-9,11H2/t12-/m1/s1. The van der Waals surface area contributed by atoms with Crippen LogP contribution in [0.5, 0.6) is 0 Å². The molecule has 2 heterocycles. The fourth-order valence-electron chi connectivity index (χ4n) is 2.57. The van der Waals surface area contributed by atoms with Crippen molar-refractivity contribution in [3.05, 3.63) is 42.2 Å². The number of ether oxygens (including phenoxy) is 1. The van der Waals surface area contributed by atoms with Crippen molar-refractivity contribution < 1.29 is 4.74 Å². The molecule has 1 fully saturated rings. The minimum Gasteiger partial charge on any atom is -0.380 e.